The number of carbonyl (C=O) groups is 1. The number of aliphatic imine (C=N–C) groups is 1. The van der Waals surface area contributed by atoms with E-state index in [1.165, 1.54) is 0 Å². The van der Waals surface area contributed by atoms with E-state index < -0.39 is 0 Å². The fraction of sp³-hybridized carbons (Fsp3) is 0.263. The van der Waals surface area contributed by atoms with E-state index in [0.29, 0.717) is 24.6 Å². The van der Waals surface area contributed by atoms with Crippen molar-refractivity contribution < 1.29 is 14.3 Å². The Hall–Kier alpha value is -2.49. The zero-order chi connectivity index (χ0) is 18.4. The van der Waals surface area contributed by atoms with Crippen LogP contribution in [-0.2, 0) is 13.1 Å². The molecule has 1 heterocycles. The highest BCUT2D eigenvalue weighted by Crippen LogP contribution is 2.32. The average Bonchev–Trinajstić information content (AvgIpc) is 3.15. The maximum absolute atomic E-state index is 11.7. The summed E-state index contributed by atoms with van der Waals surface area (Å²) in [6.07, 6.45) is 0. The molecule has 3 rings (SSSR count). The second-order valence-corrected chi connectivity index (χ2v) is 5.75. The largest absolute Gasteiger partial charge is 0.454 e. The van der Waals surface area contributed by atoms with E-state index >= 15 is 0 Å². The van der Waals surface area contributed by atoms with Crippen molar-refractivity contribution in [1.29, 1.82) is 0 Å². The quantitative estimate of drug-likeness (QED) is 0.346. The number of hydrogen-bond donors (Lipinski definition) is 3. The summed E-state index contributed by atoms with van der Waals surface area (Å²) in [5, 5.41) is 9.13. The molecule has 1 amide bonds. The van der Waals surface area contributed by atoms with Crippen molar-refractivity contribution in [2.45, 2.75) is 13.1 Å². The molecule has 3 N–H and O–H groups in total. The number of fused-ring (bicyclic) bond motifs is 1. The molecule has 0 saturated heterocycles. The molecule has 2 aromatic rings. The maximum Gasteiger partial charge on any atom is 0.251 e. The van der Waals surface area contributed by atoms with Gasteiger partial charge in [-0.25, -0.2) is 0 Å². The Balaban J connectivity index is 0.00000261. The molecule has 7 nitrogen and oxygen atoms in total. The third-order valence-corrected chi connectivity index (χ3v) is 4.00. The summed E-state index contributed by atoms with van der Waals surface area (Å²) in [4.78, 5) is 15.9. The van der Waals surface area contributed by atoms with Crippen LogP contribution >= 0.6 is 24.0 Å². The van der Waals surface area contributed by atoms with Crippen LogP contribution in [0, 0.1) is 0 Å². The summed E-state index contributed by atoms with van der Waals surface area (Å²) in [6.45, 7) is 1.44. The number of amides is 1. The Labute approximate surface area is 175 Å². The first-order valence-corrected chi connectivity index (χ1v) is 8.33. The molecule has 2 aromatic carbocycles. The molecule has 0 radical (unpaired) electrons. The van der Waals surface area contributed by atoms with E-state index in [4.69, 9.17) is 9.47 Å². The fourth-order valence-corrected chi connectivity index (χ4v) is 2.61. The van der Waals surface area contributed by atoms with Crippen LogP contribution in [-0.4, -0.2) is 32.8 Å². The molecule has 0 unspecified atom stereocenters. The van der Waals surface area contributed by atoms with Crippen molar-refractivity contribution in [3.05, 3.63) is 59.2 Å². The van der Waals surface area contributed by atoms with E-state index in [1.54, 1.807) is 20.2 Å². The number of halogens is 1. The second kappa shape index (κ2) is 10.0. The smallest absolute Gasteiger partial charge is 0.251 e. The Morgan fingerprint density at radius 3 is 2.44 bits per heavy atom. The monoisotopic (exact) mass is 482 g/mol. The molecule has 8 heteroatoms. The Bertz CT molecular complexity index is 826. The summed E-state index contributed by atoms with van der Waals surface area (Å²) in [7, 11) is 3.34. The van der Waals surface area contributed by atoms with Crippen molar-refractivity contribution in [1.82, 2.24) is 16.0 Å². The molecule has 0 spiro atoms. The number of ether oxygens (including phenoxy) is 2. The zero-order valence-electron chi connectivity index (χ0n) is 15.2. The predicted octanol–water partition coefficient (Wildman–Crippen LogP) is 2.26. The molecule has 0 bridgehead atoms. The molecular formula is C19H23IN4O3. The van der Waals surface area contributed by atoms with Gasteiger partial charge in [0.05, 0.1) is 0 Å². The van der Waals surface area contributed by atoms with Crippen LogP contribution in [0.15, 0.2) is 47.5 Å². The topological polar surface area (TPSA) is 84.0 Å². The highest BCUT2D eigenvalue weighted by atomic mass is 127. The lowest BCUT2D eigenvalue weighted by molar-refractivity contribution is 0.0963. The Kier molecular flexibility index (Phi) is 7.71. The van der Waals surface area contributed by atoms with Gasteiger partial charge >= 0.3 is 0 Å². The Morgan fingerprint density at radius 2 is 1.74 bits per heavy atom. The molecular weight excluding hydrogens is 459 g/mol. The number of nitrogens with one attached hydrogen (secondary N) is 3. The van der Waals surface area contributed by atoms with Gasteiger partial charge in [-0.15, -0.1) is 24.0 Å². The van der Waals surface area contributed by atoms with Crippen molar-refractivity contribution in [3.8, 4) is 11.5 Å². The number of carbonyl (C=O) groups excluding carboxylic acids is 1. The summed E-state index contributed by atoms with van der Waals surface area (Å²) < 4.78 is 10.7. The first kappa shape index (κ1) is 20.8. The first-order valence-electron chi connectivity index (χ1n) is 8.33. The Morgan fingerprint density at radius 1 is 1.04 bits per heavy atom. The van der Waals surface area contributed by atoms with E-state index in [2.05, 4.69) is 20.9 Å². The summed E-state index contributed by atoms with van der Waals surface area (Å²) >= 11 is 0. The lowest BCUT2D eigenvalue weighted by atomic mass is 10.1. The molecule has 144 valence electrons. The second-order valence-electron chi connectivity index (χ2n) is 5.75. The molecule has 27 heavy (non-hydrogen) atoms. The van der Waals surface area contributed by atoms with Gasteiger partial charge in [-0.1, -0.05) is 18.2 Å². The highest BCUT2D eigenvalue weighted by Gasteiger charge is 2.13. The number of guanidine groups is 1. The maximum atomic E-state index is 11.7. The van der Waals surface area contributed by atoms with Gasteiger partial charge in [-0.05, 0) is 35.4 Å². The molecule has 0 saturated carbocycles. The van der Waals surface area contributed by atoms with Gasteiger partial charge in [-0.3, -0.25) is 9.79 Å². The lowest BCUT2D eigenvalue weighted by Crippen LogP contribution is -2.36. The summed E-state index contributed by atoms with van der Waals surface area (Å²) in [5.74, 6) is 2.11. The minimum Gasteiger partial charge on any atom is -0.454 e. The number of benzene rings is 2. The molecule has 1 aliphatic heterocycles. The van der Waals surface area contributed by atoms with Crippen molar-refractivity contribution in [3.63, 3.8) is 0 Å². The van der Waals surface area contributed by atoms with Gasteiger partial charge in [0.15, 0.2) is 17.5 Å². The van der Waals surface area contributed by atoms with Crippen molar-refractivity contribution in [2.75, 3.05) is 20.9 Å². The van der Waals surface area contributed by atoms with Gasteiger partial charge in [0.2, 0.25) is 6.79 Å². The molecule has 1 aliphatic rings. The number of nitrogens with zero attached hydrogens (tertiary/aromatic N) is 1. The predicted molar refractivity (Wildman–Crippen MR) is 115 cm³/mol. The van der Waals surface area contributed by atoms with Crippen LogP contribution in [0.2, 0.25) is 0 Å². The van der Waals surface area contributed by atoms with E-state index in [1.807, 2.05) is 36.4 Å². The zero-order valence-corrected chi connectivity index (χ0v) is 17.6. The molecule has 0 fully saturated rings. The summed E-state index contributed by atoms with van der Waals surface area (Å²) in [5.41, 5.74) is 2.70. The minimum atomic E-state index is -0.0998. The highest BCUT2D eigenvalue weighted by molar-refractivity contribution is 14.0. The van der Waals surface area contributed by atoms with Crippen LogP contribution in [0.5, 0.6) is 11.5 Å². The minimum absolute atomic E-state index is 0. The van der Waals surface area contributed by atoms with Gasteiger partial charge in [0, 0.05) is 32.7 Å². The SMILES string of the molecule is CN=C(NCc1cccc(C(=O)NC)c1)NCc1ccc2c(c1)OCO2.I. The van der Waals surface area contributed by atoms with Gasteiger partial charge in [-0.2, -0.15) is 0 Å². The summed E-state index contributed by atoms with van der Waals surface area (Å²) in [6, 6.07) is 13.3. The van der Waals surface area contributed by atoms with Gasteiger partial charge in [0.1, 0.15) is 0 Å². The molecule has 0 atom stereocenters. The normalized spacial score (nSPS) is 12.1. The third-order valence-electron chi connectivity index (χ3n) is 4.00. The van der Waals surface area contributed by atoms with Crippen molar-refractivity contribution in [2.24, 2.45) is 4.99 Å². The van der Waals surface area contributed by atoms with Gasteiger partial charge < -0.3 is 25.4 Å². The molecule has 0 aliphatic carbocycles. The van der Waals surface area contributed by atoms with Gasteiger partial charge in [0.25, 0.3) is 5.91 Å². The molecule has 0 aromatic heterocycles. The third kappa shape index (κ3) is 5.49. The van der Waals surface area contributed by atoms with Crippen LogP contribution in [0.4, 0.5) is 0 Å². The fourth-order valence-electron chi connectivity index (χ4n) is 2.61. The first-order chi connectivity index (χ1) is 12.7. The van der Waals surface area contributed by atoms with Crippen LogP contribution in [0.1, 0.15) is 21.5 Å². The number of hydrogen-bond acceptors (Lipinski definition) is 4. The van der Waals surface area contributed by atoms with E-state index in [9.17, 15) is 4.79 Å². The lowest BCUT2D eigenvalue weighted by Gasteiger charge is -2.13. The van der Waals surface area contributed by atoms with E-state index in [0.717, 1.165) is 22.6 Å². The average molecular weight is 482 g/mol. The van der Waals surface area contributed by atoms with Crippen LogP contribution in [0.25, 0.3) is 0 Å². The van der Waals surface area contributed by atoms with E-state index in [-0.39, 0.29) is 36.7 Å². The van der Waals surface area contributed by atoms with Crippen molar-refractivity contribution >= 4 is 35.8 Å². The van der Waals surface area contributed by atoms with Crippen LogP contribution in [0.3, 0.4) is 0 Å². The van der Waals surface area contributed by atoms with Crippen LogP contribution < -0.4 is 25.4 Å². The number of rotatable bonds is 5. The standard InChI is InChI=1S/C19H22N4O3.HI/c1-20-18(24)15-5-3-4-13(8-15)10-22-19(21-2)23-11-14-6-7-16-17(9-14)26-12-25-16;/h3-9H,10-12H2,1-2H3,(H,20,24)(H2,21,22,23);1H.